The summed E-state index contributed by atoms with van der Waals surface area (Å²) in [4.78, 5) is 28.4. The average Bonchev–Trinajstić information content (AvgIpc) is 3.57. The van der Waals surface area contributed by atoms with E-state index in [9.17, 15) is 0 Å². The first-order valence-corrected chi connectivity index (χ1v) is 10.1. The summed E-state index contributed by atoms with van der Waals surface area (Å²) in [6.07, 6.45) is 6.91. The zero-order valence-corrected chi connectivity index (χ0v) is 16.8. The highest BCUT2D eigenvalue weighted by Crippen LogP contribution is 2.22. The van der Waals surface area contributed by atoms with E-state index in [1.165, 1.54) is 6.33 Å². The highest BCUT2D eigenvalue weighted by Gasteiger charge is 2.11. The third-order valence-electron chi connectivity index (χ3n) is 5.08. The topological polar surface area (TPSA) is 125 Å². The third-order valence-corrected chi connectivity index (χ3v) is 5.08. The van der Waals surface area contributed by atoms with Gasteiger partial charge in [0.15, 0.2) is 11.5 Å². The molecule has 0 aliphatic carbocycles. The molecule has 0 spiro atoms. The van der Waals surface area contributed by atoms with Gasteiger partial charge in [0.05, 0.1) is 23.9 Å². The van der Waals surface area contributed by atoms with Crippen molar-refractivity contribution in [1.29, 1.82) is 0 Å². The van der Waals surface area contributed by atoms with Gasteiger partial charge in [0.1, 0.15) is 17.7 Å². The summed E-state index contributed by atoms with van der Waals surface area (Å²) in [5, 5.41) is 6.59. The summed E-state index contributed by atoms with van der Waals surface area (Å²) in [5.74, 6) is 2.07. The molecule has 0 saturated carbocycles. The highest BCUT2D eigenvalue weighted by atomic mass is 15.2. The Kier molecular flexibility index (Phi) is 4.24. The Bertz CT molecular complexity index is 1460. The normalized spacial score (nSPS) is 11.2. The van der Waals surface area contributed by atoms with E-state index in [1.54, 1.807) is 12.5 Å². The minimum absolute atomic E-state index is 0.498. The van der Waals surface area contributed by atoms with Crippen LogP contribution in [0.1, 0.15) is 5.82 Å². The molecule has 0 aliphatic heterocycles. The zero-order chi connectivity index (χ0) is 21.3. The number of hydrogen-bond acceptors (Lipinski definition) is 7. The molecule has 32 heavy (non-hydrogen) atoms. The second-order valence-electron chi connectivity index (χ2n) is 7.20. The molecule has 0 saturated heterocycles. The summed E-state index contributed by atoms with van der Waals surface area (Å²) >= 11 is 0. The lowest BCUT2D eigenvalue weighted by atomic mass is 10.3. The molecule has 156 valence electrons. The number of para-hydroxylation sites is 2. The van der Waals surface area contributed by atoms with Gasteiger partial charge in [-0.2, -0.15) is 4.98 Å². The molecule has 0 bridgehead atoms. The van der Waals surface area contributed by atoms with E-state index in [0.717, 1.165) is 33.7 Å². The molecule has 2 aromatic carbocycles. The summed E-state index contributed by atoms with van der Waals surface area (Å²) in [5.41, 5.74) is 5.16. The summed E-state index contributed by atoms with van der Waals surface area (Å²) in [7, 11) is 0. The highest BCUT2D eigenvalue weighted by molar-refractivity contribution is 5.85. The van der Waals surface area contributed by atoms with Crippen LogP contribution in [0.15, 0.2) is 73.6 Å². The molecule has 0 amide bonds. The number of benzene rings is 2. The van der Waals surface area contributed by atoms with Gasteiger partial charge in [0, 0.05) is 23.8 Å². The number of aromatic nitrogens is 8. The third kappa shape index (κ3) is 3.39. The molecule has 0 fully saturated rings. The van der Waals surface area contributed by atoms with Crippen molar-refractivity contribution in [3.63, 3.8) is 0 Å². The number of H-pyrrole nitrogens is 2. The molecule has 0 aliphatic rings. The predicted molar refractivity (Wildman–Crippen MR) is 122 cm³/mol. The molecule has 0 radical (unpaired) electrons. The molecule has 6 rings (SSSR count). The van der Waals surface area contributed by atoms with Gasteiger partial charge in [-0.3, -0.25) is 0 Å². The van der Waals surface area contributed by atoms with Gasteiger partial charge in [-0.1, -0.05) is 12.1 Å². The smallest absolute Gasteiger partial charge is 0.207 e. The Morgan fingerprint density at radius 1 is 0.938 bits per heavy atom. The Morgan fingerprint density at radius 2 is 1.84 bits per heavy atom. The molecule has 4 N–H and O–H groups in total. The molecule has 10 heteroatoms. The van der Waals surface area contributed by atoms with Crippen molar-refractivity contribution in [2.24, 2.45) is 0 Å². The SMILES string of the molecule is c1ccc2[nH]c(CNc3ncnc4nc(Nc5ccc(-n6ccnc6)cc5)[nH]c34)nc2c1. The van der Waals surface area contributed by atoms with Crippen LogP contribution in [0.4, 0.5) is 17.5 Å². The van der Waals surface area contributed by atoms with Crippen LogP contribution in [0.2, 0.25) is 0 Å². The van der Waals surface area contributed by atoms with Crippen molar-refractivity contribution in [3.8, 4) is 5.69 Å². The number of aromatic amines is 2. The summed E-state index contributed by atoms with van der Waals surface area (Å²) in [6, 6.07) is 15.9. The van der Waals surface area contributed by atoms with Crippen molar-refractivity contribution >= 4 is 39.7 Å². The van der Waals surface area contributed by atoms with Gasteiger partial charge in [-0.05, 0) is 36.4 Å². The van der Waals surface area contributed by atoms with Crippen LogP contribution in [0.3, 0.4) is 0 Å². The van der Waals surface area contributed by atoms with Crippen LogP contribution in [0.25, 0.3) is 27.9 Å². The van der Waals surface area contributed by atoms with Gasteiger partial charge in [-0.15, -0.1) is 0 Å². The van der Waals surface area contributed by atoms with Gasteiger partial charge >= 0.3 is 0 Å². The van der Waals surface area contributed by atoms with E-state index in [-0.39, 0.29) is 0 Å². The van der Waals surface area contributed by atoms with Crippen LogP contribution in [-0.4, -0.2) is 39.5 Å². The summed E-state index contributed by atoms with van der Waals surface area (Å²) in [6.45, 7) is 0.498. The van der Waals surface area contributed by atoms with Crippen molar-refractivity contribution in [2.45, 2.75) is 6.54 Å². The molecule has 0 atom stereocenters. The number of rotatable bonds is 6. The fraction of sp³-hybridized carbons (Fsp3) is 0.0455. The van der Waals surface area contributed by atoms with E-state index < -0.39 is 0 Å². The lowest BCUT2D eigenvalue weighted by Crippen LogP contribution is -2.04. The first-order chi connectivity index (χ1) is 15.8. The molecule has 6 aromatic rings. The van der Waals surface area contributed by atoms with Crippen molar-refractivity contribution in [3.05, 3.63) is 79.4 Å². The lowest BCUT2D eigenvalue weighted by molar-refractivity contribution is 0.996. The van der Waals surface area contributed by atoms with Crippen molar-refractivity contribution in [1.82, 2.24) is 39.5 Å². The minimum atomic E-state index is 0.498. The minimum Gasteiger partial charge on any atom is -0.361 e. The van der Waals surface area contributed by atoms with Gasteiger partial charge < -0.3 is 25.2 Å². The second kappa shape index (κ2) is 7.51. The standard InChI is InChI=1S/C22H18N10/c1-2-4-17-16(3-1)28-18(29-17)11-24-20-19-21(26-12-25-20)31-22(30-19)27-14-5-7-15(8-6-14)32-10-9-23-13-32/h1-10,12-13H,11H2,(H,28,29)(H3,24,25,26,27,30,31). The summed E-state index contributed by atoms with van der Waals surface area (Å²) < 4.78 is 1.94. The van der Waals surface area contributed by atoms with Crippen LogP contribution in [0.5, 0.6) is 0 Å². The maximum absolute atomic E-state index is 4.59. The van der Waals surface area contributed by atoms with Gasteiger partial charge in [-0.25, -0.2) is 19.9 Å². The average molecular weight is 422 g/mol. The molecular formula is C22H18N10. The molecule has 0 unspecified atom stereocenters. The van der Waals surface area contributed by atoms with Crippen LogP contribution in [0, 0.1) is 0 Å². The molecule has 10 nitrogen and oxygen atoms in total. The number of nitrogens with zero attached hydrogens (tertiary/aromatic N) is 6. The fourth-order valence-electron chi connectivity index (χ4n) is 3.54. The molecule has 4 heterocycles. The molecular weight excluding hydrogens is 404 g/mol. The van der Waals surface area contributed by atoms with Crippen molar-refractivity contribution in [2.75, 3.05) is 10.6 Å². The van der Waals surface area contributed by atoms with E-state index in [1.807, 2.05) is 59.3 Å². The van der Waals surface area contributed by atoms with Gasteiger partial charge in [0.25, 0.3) is 0 Å². The fourth-order valence-corrected chi connectivity index (χ4v) is 3.54. The van der Waals surface area contributed by atoms with Crippen molar-refractivity contribution < 1.29 is 0 Å². The number of hydrogen-bond donors (Lipinski definition) is 4. The first kappa shape index (κ1) is 18.1. The Morgan fingerprint density at radius 3 is 2.69 bits per heavy atom. The lowest BCUT2D eigenvalue weighted by Gasteiger charge is -2.05. The number of fused-ring (bicyclic) bond motifs is 2. The van der Waals surface area contributed by atoms with Gasteiger partial charge in [0.2, 0.25) is 5.95 Å². The van der Waals surface area contributed by atoms with E-state index >= 15 is 0 Å². The maximum atomic E-state index is 4.59. The first-order valence-electron chi connectivity index (χ1n) is 10.1. The van der Waals surface area contributed by atoms with Crippen LogP contribution >= 0.6 is 0 Å². The number of nitrogens with one attached hydrogen (secondary N) is 4. The second-order valence-corrected chi connectivity index (χ2v) is 7.20. The Labute approximate surface area is 181 Å². The monoisotopic (exact) mass is 422 g/mol. The predicted octanol–water partition coefficient (Wildman–Crippen LogP) is 3.77. The quantitative estimate of drug-likeness (QED) is 0.322. The Hall–Kier alpha value is -4.73. The van der Waals surface area contributed by atoms with Crippen LogP contribution in [-0.2, 0) is 6.54 Å². The van der Waals surface area contributed by atoms with Crippen LogP contribution < -0.4 is 10.6 Å². The Balaban J connectivity index is 1.21. The zero-order valence-electron chi connectivity index (χ0n) is 16.8. The molecule has 4 aromatic heterocycles. The van der Waals surface area contributed by atoms with E-state index in [2.05, 4.69) is 45.5 Å². The van der Waals surface area contributed by atoms with E-state index in [0.29, 0.717) is 24.0 Å². The maximum Gasteiger partial charge on any atom is 0.207 e. The van der Waals surface area contributed by atoms with E-state index in [4.69, 9.17) is 0 Å². The number of imidazole rings is 3. The largest absolute Gasteiger partial charge is 0.361 e. The number of anilines is 3.